The fourth-order valence-electron chi connectivity index (χ4n) is 1.89. The van der Waals surface area contributed by atoms with E-state index in [1.54, 1.807) is 11.8 Å². The number of carboxylic acid groups (broad SMARTS) is 1. The zero-order chi connectivity index (χ0) is 15.3. The van der Waals surface area contributed by atoms with Crippen molar-refractivity contribution in [3.05, 3.63) is 29.8 Å². The Morgan fingerprint density at radius 2 is 1.70 bits per heavy atom. The minimum Gasteiger partial charge on any atom is -0.481 e. The number of benzene rings is 1. The molecule has 0 aliphatic carbocycles. The monoisotopic (exact) mass is 277 g/mol. The van der Waals surface area contributed by atoms with Gasteiger partial charge in [0.1, 0.15) is 0 Å². The van der Waals surface area contributed by atoms with Gasteiger partial charge < -0.3 is 10.0 Å². The lowest BCUT2D eigenvalue weighted by Crippen LogP contribution is -2.37. The topological polar surface area (TPSA) is 57.6 Å². The minimum absolute atomic E-state index is 0.0306. The quantitative estimate of drug-likeness (QED) is 0.869. The number of carbonyl (C=O) groups is 2. The number of rotatable bonds is 6. The maximum atomic E-state index is 12.3. The van der Waals surface area contributed by atoms with Crippen molar-refractivity contribution in [2.45, 2.75) is 34.1 Å². The number of nitrogens with zero attached hydrogens (tertiary/aromatic N) is 1. The van der Waals surface area contributed by atoms with Crippen molar-refractivity contribution in [1.82, 2.24) is 0 Å². The van der Waals surface area contributed by atoms with Crippen molar-refractivity contribution in [2.75, 3.05) is 11.4 Å². The molecule has 110 valence electrons. The van der Waals surface area contributed by atoms with E-state index in [2.05, 4.69) is 0 Å². The maximum absolute atomic E-state index is 12.3. The van der Waals surface area contributed by atoms with Crippen molar-refractivity contribution in [2.24, 2.45) is 11.8 Å². The normalized spacial score (nSPS) is 12.2. The van der Waals surface area contributed by atoms with Crippen LogP contribution in [0.3, 0.4) is 0 Å². The number of carbonyl (C=O) groups excluding carboxylic acids is 1. The molecule has 0 fully saturated rings. The summed E-state index contributed by atoms with van der Waals surface area (Å²) in [6, 6.07) is 7.58. The SMILES string of the molecule is Cc1ccc(N(CC(C)C(=O)O)C(=O)CC(C)C)cc1. The van der Waals surface area contributed by atoms with Gasteiger partial charge in [0, 0.05) is 18.7 Å². The highest BCUT2D eigenvalue weighted by atomic mass is 16.4. The van der Waals surface area contributed by atoms with Crippen LogP contribution in [0.1, 0.15) is 32.8 Å². The van der Waals surface area contributed by atoms with E-state index in [4.69, 9.17) is 5.11 Å². The third-order valence-electron chi connectivity index (χ3n) is 3.11. The highest BCUT2D eigenvalue weighted by Crippen LogP contribution is 2.19. The van der Waals surface area contributed by atoms with Crippen LogP contribution in [-0.2, 0) is 9.59 Å². The van der Waals surface area contributed by atoms with Crippen LogP contribution >= 0.6 is 0 Å². The Bertz CT molecular complexity index is 465. The second-order valence-electron chi connectivity index (χ2n) is 5.68. The lowest BCUT2D eigenvalue weighted by molar-refractivity contribution is -0.140. The minimum atomic E-state index is -0.889. The van der Waals surface area contributed by atoms with E-state index in [-0.39, 0.29) is 18.4 Å². The summed E-state index contributed by atoms with van der Waals surface area (Å²) in [7, 11) is 0. The Labute approximate surface area is 120 Å². The molecular formula is C16H23NO3. The zero-order valence-corrected chi connectivity index (χ0v) is 12.6. The van der Waals surface area contributed by atoms with E-state index in [9.17, 15) is 9.59 Å². The van der Waals surface area contributed by atoms with Crippen molar-refractivity contribution in [1.29, 1.82) is 0 Å². The molecule has 20 heavy (non-hydrogen) atoms. The Morgan fingerprint density at radius 3 is 2.15 bits per heavy atom. The molecule has 1 N–H and O–H groups in total. The van der Waals surface area contributed by atoms with Gasteiger partial charge in [0.25, 0.3) is 0 Å². The van der Waals surface area contributed by atoms with Crippen LogP contribution in [-0.4, -0.2) is 23.5 Å². The number of aryl methyl sites for hydroxylation is 1. The van der Waals surface area contributed by atoms with Crippen LogP contribution in [0.15, 0.2) is 24.3 Å². The molecule has 0 radical (unpaired) electrons. The molecule has 0 aliphatic heterocycles. The first-order chi connectivity index (χ1) is 9.31. The van der Waals surface area contributed by atoms with Gasteiger partial charge in [-0.1, -0.05) is 38.5 Å². The largest absolute Gasteiger partial charge is 0.481 e. The first kappa shape index (κ1) is 16.2. The second-order valence-corrected chi connectivity index (χ2v) is 5.68. The molecule has 0 saturated heterocycles. The molecule has 0 saturated carbocycles. The molecule has 1 aromatic rings. The summed E-state index contributed by atoms with van der Waals surface area (Å²) in [5.41, 5.74) is 1.87. The van der Waals surface area contributed by atoms with Gasteiger partial charge in [-0.05, 0) is 25.0 Å². The summed E-state index contributed by atoms with van der Waals surface area (Å²) < 4.78 is 0. The van der Waals surface area contributed by atoms with Gasteiger partial charge in [0.05, 0.1) is 5.92 Å². The van der Waals surface area contributed by atoms with Gasteiger partial charge in [-0.2, -0.15) is 0 Å². The van der Waals surface area contributed by atoms with Crippen molar-refractivity contribution >= 4 is 17.6 Å². The number of anilines is 1. The highest BCUT2D eigenvalue weighted by molar-refractivity contribution is 5.94. The number of amides is 1. The van der Waals surface area contributed by atoms with Crippen LogP contribution in [0.2, 0.25) is 0 Å². The van der Waals surface area contributed by atoms with Gasteiger partial charge >= 0.3 is 5.97 Å². The molecule has 0 spiro atoms. The molecule has 1 atom stereocenters. The van der Waals surface area contributed by atoms with Crippen LogP contribution in [0.4, 0.5) is 5.69 Å². The molecule has 0 bridgehead atoms. The highest BCUT2D eigenvalue weighted by Gasteiger charge is 2.22. The molecule has 4 heteroatoms. The predicted octanol–water partition coefficient (Wildman–Crippen LogP) is 3.09. The smallest absolute Gasteiger partial charge is 0.308 e. The fourth-order valence-corrected chi connectivity index (χ4v) is 1.89. The molecular weight excluding hydrogens is 254 g/mol. The van der Waals surface area contributed by atoms with E-state index in [0.29, 0.717) is 6.42 Å². The van der Waals surface area contributed by atoms with Crippen LogP contribution < -0.4 is 4.90 Å². The van der Waals surface area contributed by atoms with Gasteiger partial charge in [0.2, 0.25) is 5.91 Å². The standard InChI is InChI=1S/C16H23NO3/c1-11(2)9-15(18)17(10-13(4)16(19)20)14-7-5-12(3)6-8-14/h5-8,11,13H,9-10H2,1-4H3,(H,19,20). The maximum Gasteiger partial charge on any atom is 0.308 e. The summed E-state index contributed by atoms with van der Waals surface area (Å²) >= 11 is 0. The number of aliphatic carboxylic acids is 1. The molecule has 4 nitrogen and oxygen atoms in total. The van der Waals surface area contributed by atoms with E-state index in [0.717, 1.165) is 11.3 Å². The van der Waals surface area contributed by atoms with E-state index < -0.39 is 11.9 Å². The van der Waals surface area contributed by atoms with E-state index in [1.165, 1.54) is 0 Å². The Morgan fingerprint density at radius 1 is 1.15 bits per heavy atom. The molecule has 1 amide bonds. The summed E-state index contributed by atoms with van der Waals surface area (Å²) in [4.78, 5) is 24.9. The average molecular weight is 277 g/mol. The Kier molecular flexibility index (Phi) is 5.74. The molecule has 1 rings (SSSR count). The summed E-state index contributed by atoms with van der Waals surface area (Å²) in [5, 5.41) is 9.05. The van der Waals surface area contributed by atoms with Gasteiger partial charge in [-0.3, -0.25) is 9.59 Å². The first-order valence-electron chi connectivity index (χ1n) is 6.91. The zero-order valence-electron chi connectivity index (χ0n) is 12.6. The summed E-state index contributed by atoms with van der Waals surface area (Å²) in [6.45, 7) is 7.75. The Balaban J connectivity index is 2.97. The molecule has 0 heterocycles. The third kappa shape index (κ3) is 4.68. The van der Waals surface area contributed by atoms with Crippen molar-refractivity contribution < 1.29 is 14.7 Å². The van der Waals surface area contributed by atoms with Gasteiger partial charge in [0.15, 0.2) is 0 Å². The third-order valence-corrected chi connectivity index (χ3v) is 3.11. The van der Waals surface area contributed by atoms with Crippen LogP contribution in [0.25, 0.3) is 0 Å². The fraction of sp³-hybridized carbons (Fsp3) is 0.500. The van der Waals surface area contributed by atoms with Crippen LogP contribution in [0.5, 0.6) is 0 Å². The summed E-state index contributed by atoms with van der Waals surface area (Å²) in [5.74, 6) is -1.26. The molecule has 1 unspecified atom stereocenters. The first-order valence-corrected chi connectivity index (χ1v) is 6.91. The second kappa shape index (κ2) is 7.08. The van der Waals surface area contributed by atoms with Crippen molar-refractivity contribution in [3.8, 4) is 0 Å². The van der Waals surface area contributed by atoms with E-state index in [1.807, 2.05) is 45.0 Å². The Hall–Kier alpha value is -1.84. The molecule has 0 aromatic heterocycles. The van der Waals surface area contributed by atoms with Crippen LogP contribution in [0, 0.1) is 18.8 Å². The van der Waals surface area contributed by atoms with E-state index >= 15 is 0 Å². The number of hydrogen-bond donors (Lipinski definition) is 1. The average Bonchev–Trinajstić information content (AvgIpc) is 2.35. The number of carboxylic acids is 1. The molecule has 0 aliphatic rings. The molecule has 1 aromatic carbocycles. The predicted molar refractivity (Wildman–Crippen MR) is 79.8 cm³/mol. The summed E-state index contributed by atoms with van der Waals surface area (Å²) in [6.07, 6.45) is 0.417. The lowest BCUT2D eigenvalue weighted by atomic mass is 10.1. The van der Waals surface area contributed by atoms with Gasteiger partial charge in [-0.15, -0.1) is 0 Å². The van der Waals surface area contributed by atoms with Gasteiger partial charge in [-0.25, -0.2) is 0 Å². The van der Waals surface area contributed by atoms with Crippen molar-refractivity contribution in [3.63, 3.8) is 0 Å². The number of hydrogen-bond acceptors (Lipinski definition) is 2. The lowest BCUT2D eigenvalue weighted by Gasteiger charge is -2.25.